The zero-order valence-electron chi connectivity index (χ0n) is 10.8. The maximum absolute atomic E-state index is 12.0. The molecule has 0 aromatic rings. The molecule has 5 nitrogen and oxygen atoms in total. The summed E-state index contributed by atoms with van der Waals surface area (Å²) >= 11 is 0. The van der Waals surface area contributed by atoms with Gasteiger partial charge in [-0.15, -0.1) is 0 Å². The Morgan fingerprint density at radius 1 is 1.42 bits per heavy atom. The largest absolute Gasteiger partial charge is 0.402 e. The summed E-state index contributed by atoms with van der Waals surface area (Å²) in [5.41, 5.74) is 4.77. The number of rotatable bonds is 5. The fraction of sp³-hybridized carbons (Fsp3) is 1.00. The summed E-state index contributed by atoms with van der Waals surface area (Å²) in [4.78, 5) is 0. The monoisotopic (exact) mass is 303 g/mol. The van der Waals surface area contributed by atoms with Gasteiger partial charge in [-0.2, -0.15) is 31.0 Å². The number of hydrogen-bond donors (Lipinski definition) is 3. The first-order valence-electron chi connectivity index (χ1n) is 6.13. The maximum atomic E-state index is 12.0. The van der Waals surface area contributed by atoms with Crippen molar-refractivity contribution in [3.8, 4) is 0 Å². The van der Waals surface area contributed by atoms with Gasteiger partial charge in [0, 0.05) is 12.1 Å². The van der Waals surface area contributed by atoms with Gasteiger partial charge in [0.05, 0.1) is 0 Å². The second kappa shape index (κ2) is 5.94. The summed E-state index contributed by atoms with van der Waals surface area (Å²) in [6, 6.07) is 0. The molecule has 2 unspecified atom stereocenters. The molecular weight excluding hydrogens is 283 g/mol. The average molecular weight is 303 g/mol. The molecule has 19 heavy (non-hydrogen) atoms. The molecule has 0 amide bonds. The van der Waals surface area contributed by atoms with E-state index in [-0.39, 0.29) is 6.54 Å². The Morgan fingerprint density at radius 3 is 2.53 bits per heavy atom. The van der Waals surface area contributed by atoms with Crippen LogP contribution in [0.4, 0.5) is 13.2 Å². The Labute approximate surface area is 111 Å². The third-order valence-electron chi connectivity index (χ3n) is 3.30. The van der Waals surface area contributed by atoms with E-state index in [9.17, 15) is 21.6 Å². The number of nitrogens with two attached hydrogens (primary N) is 1. The lowest BCUT2D eigenvalue weighted by molar-refractivity contribution is -0.121. The smallest absolute Gasteiger partial charge is 0.329 e. The molecule has 0 bridgehead atoms. The van der Waals surface area contributed by atoms with Gasteiger partial charge in [-0.05, 0) is 18.8 Å². The van der Waals surface area contributed by atoms with Gasteiger partial charge < -0.3 is 5.73 Å². The third kappa shape index (κ3) is 5.64. The van der Waals surface area contributed by atoms with Gasteiger partial charge in [0.15, 0.2) is 0 Å². The van der Waals surface area contributed by atoms with E-state index < -0.39 is 28.5 Å². The number of hydrogen-bond acceptors (Lipinski definition) is 3. The van der Waals surface area contributed by atoms with Crippen molar-refractivity contribution in [2.75, 3.05) is 13.1 Å². The summed E-state index contributed by atoms with van der Waals surface area (Å²) in [7, 11) is -4.21. The lowest BCUT2D eigenvalue weighted by Gasteiger charge is -2.39. The summed E-state index contributed by atoms with van der Waals surface area (Å²) in [6.07, 6.45) is -1.72. The Hall–Kier alpha value is -0.380. The van der Waals surface area contributed by atoms with Crippen molar-refractivity contribution in [1.29, 1.82) is 0 Å². The highest BCUT2D eigenvalue weighted by molar-refractivity contribution is 7.87. The summed E-state index contributed by atoms with van der Waals surface area (Å²) in [5.74, 6) is 0.294. The number of alkyl halides is 3. The Balaban J connectivity index is 2.69. The highest BCUT2D eigenvalue weighted by atomic mass is 32.2. The quantitative estimate of drug-likeness (QED) is 0.705. The van der Waals surface area contributed by atoms with E-state index in [1.165, 1.54) is 4.72 Å². The van der Waals surface area contributed by atoms with E-state index in [1.54, 1.807) is 0 Å². The molecule has 0 aliphatic heterocycles. The fourth-order valence-electron chi connectivity index (χ4n) is 2.48. The molecule has 9 heteroatoms. The van der Waals surface area contributed by atoms with E-state index in [1.807, 2.05) is 6.92 Å². The van der Waals surface area contributed by atoms with E-state index >= 15 is 0 Å². The summed E-state index contributed by atoms with van der Waals surface area (Å²) in [6.45, 7) is 0.462. The van der Waals surface area contributed by atoms with Gasteiger partial charge in [0.1, 0.15) is 6.54 Å². The zero-order valence-corrected chi connectivity index (χ0v) is 11.6. The molecule has 0 aromatic heterocycles. The van der Waals surface area contributed by atoms with Crippen LogP contribution in [0.3, 0.4) is 0 Å². The van der Waals surface area contributed by atoms with Crippen LogP contribution in [0.2, 0.25) is 0 Å². The summed E-state index contributed by atoms with van der Waals surface area (Å²) in [5, 5.41) is 0. The molecule has 1 aliphatic carbocycles. The fourth-order valence-corrected chi connectivity index (χ4v) is 3.74. The van der Waals surface area contributed by atoms with Crippen LogP contribution in [0.5, 0.6) is 0 Å². The van der Waals surface area contributed by atoms with Gasteiger partial charge in [0.2, 0.25) is 0 Å². The van der Waals surface area contributed by atoms with Crippen molar-refractivity contribution in [1.82, 2.24) is 9.44 Å². The summed E-state index contributed by atoms with van der Waals surface area (Å²) < 4.78 is 63.1. The van der Waals surface area contributed by atoms with Crippen molar-refractivity contribution in [3.63, 3.8) is 0 Å². The minimum atomic E-state index is -4.58. The van der Waals surface area contributed by atoms with Crippen molar-refractivity contribution in [2.45, 2.75) is 44.3 Å². The lowest BCUT2D eigenvalue weighted by atomic mass is 9.77. The van der Waals surface area contributed by atoms with Gasteiger partial charge in [-0.1, -0.05) is 19.8 Å². The van der Waals surface area contributed by atoms with Gasteiger partial charge in [-0.3, -0.25) is 0 Å². The molecule has 1 rings (SSSR count). The predicted octanol–water partition coefficient (Wildman–Crippen LogP) is 0.880. The predicted molar refractivity (Wildman–Crippen MR) is 65.5 cm³/mol. The molecule has 4 N–H and O–H groups in total. The molecule has 0 saturated heterocycles. The molecule has 0 aromatic carbocycles. The van der Waals surface area contributed by atoms with Crippen LogP contribution in [0.25, 0.3) is 0 Å². The normalized spacial score (nSPS) is 29.4. The van der Waals surface area contributed by atoms with Gasteiger partial charge in [0.25, 0.3) is 10.2 Å². The molecule has 114 valence electrons. The van der Waals surface area contributed by atoms with Crippen LogP contribution >= 0.6 is 0 Å². The second-order valence-corrected chi connectivity index (χ2v) is 6.73. The second-order valence-electron chi connectivity index (χ2n) is 5.23. The molecule has 0 heterocycles. The Kier molecular flexibility index (Phi) is 5.21. The highest BCUT2D eigenvalue weighted by Gasteiger charge is 2.38. The zero-order chi connectivity index (χ0) is 14.7. The average Bonchev–Trinajstić information content (AvgIpc) is 2.25. The van der Waals surface area contributed by atoms with Gasteiger partial charge in [-0.25, -0.2) is 0 Å². The van der Waals surface area contributed by atoms with Crippen LogP contribution in [0.15, 0.2) is 0 Å². The van der Waals surface area contributed by atoms with Crippen molar-refractivity contribution < 1.29 is 21.6 Å². The molecule has 0 spiro atoms. The van der Waals surface area contributed by atoms with E-state index in [0.29, 0.717) is 18.8 Å². The SMILES string of the molecule is CC1CCCC(CN)(NS(=O)(=O)NCC(F)(F)F)C1. The number of nitrogens with one attached hydrogen (secondary N) is 2. The minimum Gasteiger partial charge on any atom is -0.329 e. The first kappa shape index (κ1) is 16.7. The Morgan fingerprint density at radius 2 is 2.05 bits per heavy atom. The first-order valence-corrected chi connectivity index (χ1v) is 7.61. The van der Waals surface area contributed by atoms with Crippen molar-refractivity contribution in [2.24, 2.45) is 11.7 Å². The van der Waals surface area contributed by atoms with Crippen LogP contribution in [-0.4, -0.2) is 33.2 Å². The molecule has 1 saturated carbocycles. The van der Waals surface area contributed by atoms with Gasteiger partial charge >= 0.3 is 6.18 Å². The molecule has 2 atom stereocenters. The maximum Gasteiger partial charge on any atom is 0.402 e. The molecular formula is C10H20F3N3O2S. The van der Waals surface area contributed by atoms with Crippen LogP contribution in [-0.2, 0) is 10.2 Å². The topological polar surface area (TPSA) is 84.2 Å². The van der Waals surface area contributed by atoms with Crippen molar-refractivity contribution in [3.05, 3.63) is 0 Å². The van der Waals surface area contributed by atoms with Crippen molar-refractivity contribution >= 4 is 10.2 Å². The first-order chi connectivity index (χ1) is 8.58. The lowest BCUT2D eigenvalue weighted by Crippen LogP contribution is -2.59. The molecule has 1 aliphatic rings. The molecule has 0 radical (unpaired) electrons. The Bertz CT molecular complexity index is 399. The number of halogens is 3. The minimum absolute atomic E-state index is 0.0737. The van der Waals surface area contributed by atoms with E-state index in [0.717, 1.165) is 12.8 Å². The molecule has 1 fully saturated rings. The standard InChI is InChI=1S/C10H20F3N3O2S/c1-8-3-2-4-9(5-8,6-14)16-19(17,18)15-7-10(11,12)13/h8,15-16H,2-7,14H2,1H3. The highest BCUT2D eigenvalue weighted by Crippen LogP contribution is 2.32. The van der Waals surface area contributed by atoms with Crippen LogP contribution < -0.4 is 15.2 Å². The van der Waals surface area contributed by atoms with Crippen LogP contribution in [0.1, 0.15) is 32.6 Å². The third-order valence-corrected chi connectivity index (χ3v) is 4.52. The van der Waals surface area contributed by atoms with Crippen LogP contribution in [0, 0.1) is 5.92 Å². The van der Waals surface area contributed by atoms with E-state index in [4.69, 9.17) is 5.73 Å². The van der Waals surface area contributed by atoms with E-state index in [2.05, 4.69) is 4.72 Å².